The molecule has 1 saturated heterocycles. The number of piperidine rings is 1. The largest absolute Gasteiger partial charge is 0.490 e. The molecule has 6 heteroatoms. The number of nitrogens with zero attached hydrogens (tertiary/aromatic N) is 3. The van der Waals surface area contributed by atoms with E-state index in [1.807, 2.05) is 0 Å². The standard InChI is InChI=1S/C12H21N5O/c1-18-10-11(13)15-9-16-12(10)14-5-8-17-6-3-2-4-7-17/h9H,2-8H2,1H3,(H3,13,14,15,16). The summed E-state index contributed by atoms with van der Waals surface area (Å²) in [6, 6.07) is 0. The molecule has 0 atom stereocenters. The van der Waals surface area contributed by atoms with Crippen molar-refractivity contribution < 1.29 is 4.74 Å². The van der Waals surface area contributed by atoms with Crippen molar-refractivity contribution in [3.63, 3.8) is 0 Å². The van der Waals surface area contributed by atoms with E-state index in [1.54, 1.807) is 7.11 Å². The minimum absolute atomic E-state index is 0.368. The number of likely N-dealkylation sites (tertiary alicyclic amines) is 1. The van der Waals surface area contributed by atoms with Gasteiger partial charge in [-0.15, -0.1) is 0 Å². The van der Waals surface area contributed by atoms with Gasteiger partial charge in [-0.05, 0) is 25.9 Å². The number of nitrogen functional groups attached to an aromatic ring is 1. The second kappa shape index (κ2) is 6.39. The summed E-state index contributed by atoms with van der Waals surface area (Å²) in [6.45, 7) is 4.26. The SMILES string of the molecule is COc1c(N)ncnc1NCCN1CCCCC1. The molecule has 2 heterocycles. The molecule has 2 rings (SSSR count). The van der Waals surface area contributed by atoms with Gasteiger partial charge in [0.1, 0.15) is 6.33 Å². The molecular formula is C12H21N5O. The van der Waals surface area contributed by atoms with Crippen LogP contribution in [0, 0.1) is 0 Å². The van der Waals surface area contributed by atoms with Crippen LogP contribution in [-0.2, 0) is 0 Å². The third-order valence-corrected chi connectivity index (χ3v) is 3.20. The molecule has 1 aliphatic rings. The van der Waals surface area contributed by atoms with Crippen molar-refractivity contribution in [2.24, 2.45) is 0 Å². The summed E-state index contributed by atoms with van der Waals surface area (Å²) in [5, 5.41) is 3.25. The molecule has 3 N–H and O–H groups in total. The average molecular weight is 251 g/mol. The summed E-state index contributed by atoms with van der Waals surface area (Å²) in [5.74, 6) is 1.56. The first kappa shape index (κ1) is 12.9. The number of hydrogen-bond acceptors (Lipinski definition) is 6. The van der Waals surface area contributed by atoms with Crippen molar-refractivity contribution in [3.05, 3.63) is 6.33 Å². The number of aromatic nitrogens is 2. The zero-order valence-corrected chi connectivity index (χ0v) is 10.9. The van der Waals surface area contributed by atoms with Crippen LogP contribution in [0.25, 0.3) is 0 Å². The predicted molar refractivity (Wildman–Crippen MR) is 71.8 cm³/mol. The summed E-state index contributed by atoms with van der Waals surface area (Å²) in [7, 11) is 1.57. The second-order valence-corrected chi connectivity index (χ2v) is 4.47. The first-order chi connectivity index (χ1) is 8.81. The molecule has 0 spiro atoms. The zero-order valence-electron chi connectivity index (χ0n) is 10.9. The highest BCUT2D eigenvalue weighted by Gasteiger charge is 2.11. The van der Waals surface area contributed by atoms with Crippen LogP contribution in [0.5, 0.6) is 5.75 Å². The van der Waals surface area contributed by atoms with E-state index < -0.39 is 0 Å². The van der Waals surface area contributed by atoms with E-state index in [2.05, 4.69) is 20.2 Å². The number of anilines is 2. The quantitative estimate of drug-likeness (QED) is 0.812. The summed E-state index contributed by atoms with van der Waals surface area (Å²) >= 11 is 0. The lowest BCUT2D eigenvalue weighted by Crippen LogP contribution is -2.33. The van der Waals surface area contributed by atoms with E-state index in [0.717, 1.165) is 13.1 Å². The molecule has 1 aromatic heterocycles. The molecule has 0 aliphatic carbocycles. The minimum atomic E-state index is 0.368. The number of nitrogens with two attached hydrogens (primary N) is 1. The molecule has 0 saturated carbocycles. The van der Waals surface area contributed by atoms with Gasteiger partial charge in [0.25, 0.3) is 0 Å². The van der Waals surface area contributed by atoms with Crippen molar-refractivity contribution in [1.29, 1.82) is 0 Å². The Labute approximate surface area is 108 Å². The highest BCUT2D eigenvalue weighted by molar-refractivity contribution is 5.61. The first-order valence-corrected chi connectivity index (χ1v) is 6.42. The van der Waals surface area contributed by atoms with Crippen LogP contribution in [0.4, 0.5) is 11.6 Å². The maximum absolute atomic E-state index is 5.72. The zero-order chi connectivity index (χ0) is 12.8. The molecule has 0 radical (unpaired) electrons. The Morgan fingerprint density at radius 3 is 2.83 bits per heavy atom. The van der Waals surface area contributed by atoms with Gasteiger partial charge in [0, 0.05) is 13.1 Å². The third-order valence-electron chi connectivity index (χ3n) is 3.20. The monoisotopic (exact) mass is 251 g/mol. The minimum Gasteiger partial charge on any atom is -0.490 e. The van der Waals surface area contributed by atoms with Crippen LogP contribution >= 0.6 is 0 Å². The van der Waals surface area contributed by atoms with Crippen LogP contribution in [0.3, 0.4) is 0 Å². The Hall–Kier alpha value is -1.56. The topological polar surface area (TPSA) is 76.3 Å². The summed E-state index contributed by atoms with van der Waals surface area (Å²) < 4.78 is 5.19. The normalized spacial score (nSPS) is 16.5. The molecule has 1 fully saturated rings. The van der Waals surface area contributed by atoms with Gasteiger partial charge in [-0.2, -0.15) is 0 Å². The molecule has 100 valence electrons. The van der Waals surface area contributed by atoms with Gasteiger partial charge in [0.2, 0.25) is 5.75 Å². The Kier molecular flexibility index (Phi) is 4.58. The number of methoxy groups -OCH3 is 1. The van der Waals surface area contributed by atoms with E-state index in [1.165, 1.54) is 38.7 Å². The van der Waals surface area contributed by atoms with Gasteiger partial charge >= 0.3 is 0 Å². The van der Waals surface area contributed by atoms with E-state index in [0.29, 0.717) is 17.4 Å². The fourth-order valence-corrected chi connectivity index (χ4v) is 2.23. The molecule has 0 unspecified atom stereocenters. The van der Waals surface area contributed by atoms with Crippen LogP contribution in [0.2, 0.25) is 0 Å². The number of ether oxygens (including phenoxy) is 1. The molecule has 1 aliphatic heterocycles. The van der Waals surface area contributed by atoms with Crippen molar-refractivity contribution in [2.45, 2.75) is 19.3 Å². The van der Waals surface area contributed by atoms with Crippen LogP contribution < -0.4 is 15.8 Å². The third kappa shape index (κ3) is 3.22. The summed E-state index contributed by atoms with van der Waals surface area (Å²) in [4.78, 5) is 10.5. The van der Waals surface area contributed by atoms with Crippen molar-refractivity contribution in [3.8, 4) is 5.75 Å². The van der Waals surface area contributed by atoms with Crippen LogP contribution in [0.15, 0.2) is 6.33 Å². The van der Waals surface area contributed by atoms with E-state index >= 15 is 0 Å². The van der Waals surface area contributed by atoms with Gasteiger partial charge in [0.15, 0.2) is 11.6 Å². The van der Waals surface area contributed by atoms with Crippen molar-refractivity contribution >= 4 is 11.6 Å². The number of hydrogen-bond donors (Lipinski definition) is 2. The predicted octanol–water partition coefficient (Wildman–Crippen LogP) is 0.965. The molecular weight excluding hydrogens is 230 g/mol. The molecule has 0 aromatic carbocycles. The van der Waals surface area contributed by atoms with E-state index in [-0.39, 0.29) is 0 Å². The van der Waals surface area contributed by atoms with Gasteiger partial charge in [-0.1, -0.05) is 6.42 Å². The Balaban J connectivity index is 1.84. The maximum atomic E-state index is 5.72. The highest BCUT2D eigenvalue weighted by atomic mass is 16.5. The van der Waals surface area contributed by atoms with E-state index in [4.69, 9.17) is 10.5 Å². The Bertz CT molecular complexity index is 379. The number of nitrogens with one attached hydrogen (secondary N) is 1. The van der Waals surface area contributed by atoms with E-state index in [9.17, 15) is 0 Å². The van der Waals surface area contributed by atoms with Gasteiger partial charge in [-0.25, -0.2) is 9.97 Å². The van der Waals surface area contributed by atoms with Crippen molar-refractivity contribution in [1.82, 2.24) is 14.9 Å². The van der Waals surface area contributed by atoms with Gasteiger partial charge in [0.05, 0.1) is 7.11 Å². The first-order valence-electron chi connectivity index (χ1n) is 6.42. The highest BCUT2D eigenvalue weighted by Crippen LogP contribution is 2.25. The average Bonchev–Trinajstić information content (AvgIpc) is 2.40. The summed E-state index contributed by atoms with van der Waals surface area (Å²) in [6.07, 6.45) is 5.43. The summed E-state index contributed by atoms with van der Waals surface area (Å²) in [5.41, 5.74) is 5.72. The Morgan fingerprint density at radius 2 is 2.11 bits per heavy atom. The lowest BCUT2D eigenvalue weighted by Gasteiger charge is -2.26. The fraction of sp³-hybridized carbons (Fsp3) is 0.667. The lowest BCUT2D eigenvalue weighted by atomic mass is 10.1. The molecule has 18 heavy (non-hydrogen) atoms. The van der Waals surface area contributed by atoms with Gasteiger partial charge in [-0.3, -0.25) is 0 Å². The maximum Gasteiger partial charge on any atom is 0.203 e. The van der Waals surface area contributed by atoms with Crippen LogP contribution in [0.1, 0.15) is 19.3 Å². The Morgan fingerprint density at radius 1 is 1.33 bits per heavy atom. The molecule has 6 nitrogen and oxygen atoms in total. The smallest absolute Gasteiger partial charge is 0.203 e. The molecule has 1 aromatic rings. The van der Waals surface area contributed by atoms with Crippen LogP contribution in [-0.4, -0.2) is 48.2 Å². The number of rotatable bonds is 5. The van der Waals surface area contributed by atoms with Crippen molar-refractivity contribution in [2.75, 3.05) is 44.3 Å². The second-order valence-electron chi connectivity index (χ2n) is 4.47. The molecule has 0 bridgehead atoms. The fourth-order valence-electron chi connectivity index (χ4n) is 2.23. The van der Waals surface area contributed by atoms with Gasteiger partial charge < -0.3 is 20.7 Å². The lowest BCUT2D eigenvalue weighted by molar-refractivity contribution is 0.237. The molecule has 0 amide bonds.